The molecule has 0 aliphatic heterocycles. The smallest absolute Gasteiger partial charge is 0.269 e. The molecule has 0 N–H and O–H groups in total. The molecule has 0 aromatic heterocycles. The number of hydrogen-bond acceptors (Lipinski definition) is 4. The maximum absolute atomic E-state index is 13.5. The predicted octanol–water partition coefficient (Wildman–Crippen LogP) is 5.54. The number of rotatable bonds is 11. The summed E-state index contributed by atoms with van der Waals surface area (Å²) in [5, 5.41) is 11.0. The lowest BCUT2D eigenvalue weighted by molar-refractivity contribution is -0.384. The molecule has 1 aromatic carbocycles. The second kappa shape index (κ2) is 10.2. The summed E-state index contributed by atoms with van der Waals surface area (Å²) in [5.74, 6) is 1.29. The van der Waals surface area contributed by atoms with Crippen molar-refractivity contribution in [3.05, 3.63) is 51.6 Å². The monoisotopic (exact) mass is 441 g/mol. The van der Waals surface area contributed by atoms with Crippen molar-refractivity contribution in [2.75, 3.05) is 26.2 Å². The van der Waals surface area contributed by atoms with Crippen molar-refractivity contribution in [1.82, 2.24) is 9.80 Å². The standard InChI is InChI=1S/C26H39N3O3/c1-6-27(7-2)16-8-9-19(3)28(18-21-10-13-22-17-24(21)26(22,4)5)25(30)20-11-14-23(15-12-20)29(31)32/h10-12,14-15,19,22,24H,6-9,13,16-18H2,1-5H3. The van der Waals surface area contributed by atoms with Crippen LogP contribution in [0, 0.1) is 27.4 Å². The fraction of sp³-hybridized carbons (Fsp3) is 0.654. The number of allylic oxidation sites excluding steroid dienone is 1. The first-order chi connectivity index (χ1) is 15.2. The minimum atomic E-state index is -0.427. The topological polar surface area (TPSA) is 66.7 Å². The van der Waals surface area contributed by atoms with Gasteiger partial charge in [-0.2, -0.15) is 0 Å². The maximum Gasteiger partial charge on any atom is 0.269 e. The van der Waals surface area contributed by atoms with Gasteiger partial charge in [0.05, 0.1) is 4.92 Å². The zero-order chi connectivity index (χ0) is 23.5. The molecule has 2 bridgehead atoms. The van der Waals surface area contributed by atoms with E-state index in [0.717, 1.165) is 44.8 Å². The van der Waals surface area contributed by atoms with Crippen molar-refractivity contribution in [2.45, 2.75) is 66.3 Å². The SMILES string of the molecule is CCN(CC)CCCC(C)N(CC1=CCC2CC1C2(C)C)C(=O)c1ccc([N+](=O)[O-])cc1. The number of nitro benzene ring substituents is 1. The summed E-state index contributed by atoms with van der Waals surface area (Å²) in [5.41, 5.74) is 2.24. The number of amides is 1. The van der Waals surface area contributed by atoms with Gasteiger partial charge in [0.1, 0.15) is 0 Å². The molecule has 6 heteroatoms. The molecule has 3 unspecified atom stereocenters. The fourth-order valence-corrected chi connectivity index (χ4v) is 5.48. The van der Waals surface area contributed by atoms with Crippen LogP contribution in [0.25, 0.3) is 0 Å². The minimum Gasteiger partial charge on any atom is -0.332 e. The van der Waals surface area contributed by atoms with Crippen molar-refractivity contribution >= 4 is 11.6 Å². The maximum atomic E-state index is 13.5. The highest BCUT2D eigenvalue weighted by Crippen LogP contribution is 2.59. The van der Waals surface area contributed by atoms with E-state index >= 15 is 0 Å². The second-order valence-electron chi connectivity index (χ2n) is 10.1. The Bertz CT molecular complexity index is 842. The number of nitro groups is 1. The van der Waals surface area contributed by atoms with E-state index in [9.17, 15) is 14.9 Å². The normalized spacial score (nSPS) is 22.1. The summed E-state index contributed by atoms with van der Waals surface area (Å²) in [4.78, 5) is 28.5. The van der Waals surface area contributed by atoms with Crippen LogP contribution in [0.4, 0.5) is 5.69 Å². The summed E-state index contributed by atoms with van der Waals surface area (Å²) < 4.78 is 0. The Kier molecular flexibility index (Phi) is 7.75. The van der Waals surface area contributed by atoms with Crippen LogP contribution >= 0.6 is 0 Å². The van der Waals surface area contributed by atoms with Gasteiger partial charge in [-0.05, 0) is 81.6 Å². The van der Waals surface area contributed by atoms with E-state index in [-0.39, 0.29) is 17.6 Å². The Morgan fingerprint density at radius 2 is 1.88 bits per heavy atom. The van der Waals surface area contributed by atoms with Crippen molar-refractivity contribution in [3.8, 4) is 0 Å². The molecule has 3 aliphatic rings. The predicted molar refractivity (Wildman–Crippen MR) is 129 cm³/mol. The molecule has 0 spiro atoms. The summed E-state index contributed by atoms with van der Waals surface area (Å²) in [6.07, 6.45) is 6.69. The van der Waals surface area contributed by atoms with E-state index in [4.69, 9.17) is 0 Å². The Morgan fingerprint density at radius 1 is 1.22 bits per heavy atom. The summed E-state index contributed by atoms with van der Waals surface area (Å²) in [6, 6.07) is 6.14. The molecule has 1 aromatic rings. The molecular weight excluding hydrogens is 402 g/mol. The van der Waals surface area contributed by atoms with Crippen molar-refractivity contribution < 1.29 is 9.72 Å². The van der Waals surface area contributed by atoms with Gasteiger partial charge in [-0.3, -0.25) is 14.9 Å². The highest BCUT2D eigenvalue weighted by molar-refractivity contribution is 5.94. The average molecular weight is 442 g/mol. The van der Waals surface area contributed by atoms with Gasteiger partial charge in [-0.15, -0.1) is 0 Å². The van der Waals surface area contributed by atoms with Gasteiger partial charge < -0.3 is 9.80 Å². The van der Waals surface area contributed by atoms with Crippen LogP contribution < -0.4 is 0 Å². The molecule has 1 amide bonds. The lowest BCUT2D eigenvalue weighted by Crippen LogP contribution is -2.51. The Balaban J connectivity index is 1.76. The highest BCUT2D eigenvalue weighted by Gasteiger charge is 2.51. The van der Waals surface area contributed by atoms with Gasteiger partial charge in [0.15, 0.2) is 0 Å². The van der Waals surface area contributed by atoms with Gasteiger partial charge in [0.25, 0.3) is 11.6 Å². The van der Waals surface area contributed by atoms with Gasteiger partial charge in [-0.1, -0.05) is 39.3 Å². The molecule has 3 aliphatic carbocycles. The van der Waals surface area contributed by atoms with E-state index < -0.39 is 4.92 Å². The minimum absolute atomic E-state index is 0.0117. The van der Waals surface area contributed by atoms with Gasteiger partial charge >= 0.3 is 0 Å². The van der Waals surface area contributed by atoms with Crippen molar-refractivity contribution in [3.63, 3.8) is 0 Å². The van der Waals surface area contributed by atoms with Crippen LogP contribution in [0.3, 0.4) is 0 Å². The van der Waals surface area contributed by atoms with E-state index in [2.05, 4.69) is 45.6 Å². The third kappa shape index (κ3) is 5.06. The fourth-order valence-electron chi connectivity index (χ4n) is 5.48. The number of non-ortho nitro benzene ring substituents is 1. The third-order valence-electron chi connectivity index (χ3n) is 8.04. The van der Waals surface area contributed by atoms with Crippen molar-refractivity contribution in [2.24, 2.45) is 17.3 Å². The summed E-state index contributed by atoms with van der Waals surface area (Å²) in [6.45, 7) is 15.0. The molecule has 4 rings (SSSR count). The number of carbonyl (C=O) groups is 1. The zero-order valence-corrected chi connectivity index (χ0v) is 20.3. The Labute approximate surface area is 192 Å². The summed E-state index contributed by atoms with van der Waals surface area (Å²) in [7, 11) is 0. The van der Waals surface area contributed by atoms with Crippen LogP contribution in [-0.2, 0) is 0 Å². The van der Waals surface area contributed by atoms with E-state index in [1.165, 1.54) is 24.1 Å². The van der Waals surface area contributed by atoms with Crippen molar-refractivity contribution in [1.29, 1.82) is 0 Å². The van der Waals surface area contributed by atoms with Crippen LogP contribution in [0.1, 0.15) is 70.7 Å². The number of fused-ring (bicyclic) bond motifs is 1. The Hall–Kier alpha value is -2.21. The molecule has 32 heavy (non-hydrogen) atoms. The molecule has 176 valence electrons. The molecule has 3 atom stereocenters. The first-order valence-electron chi connectivity index (χ1n) is 12.2. The number of carbonyl (C=O) groups excluding carboxylic acids is 1. The quantitative estimate of drug-likeness (QED) is 0.257. The second-order valence-corrected chi connectivity index (χ2v) is 10.1. The molecule has 1 saturated carbocycles. The van der Waals surface area contributed by atoms with Crippen LogP contribution in [0.15, 0.2) is 35.9 Å². The molecule has 0 radical (unpaired) electrons. The molecule has 6 nitrogen and oxygen atoms in total. The largest absolute Gasteiger partial charge is 0.332 e. The van der Waals surface area contributed by atoms with Gasteiger partial charge in [-0.25, -0.2) is 0 Å². The van der Waals surface area contributed by atoms with Gasteiger partial charge in [0.2, 0.25) is 0 Å². The number of benzene rings is 1. The number of nitrogens with zero attached hydrogens (tertiary/aromatic N) is 3. The third-order valence-corrected chi connectivity index (χ3v) is 8.04. The summed E-state index contributed by atoms with van der Waals surface area (Å²) >= 11 is 0. The molecule has 0 saturated heterocycles. The first kappa shape index (κ1) is 24.4. The zero-order valence-electron chi connectivity index (χ0n) is 20.3. The number of hydrogen-bond donors (Lipinski definition) is 0. The first-order valence-corrected chi connectivity index (χ1v) is 12.2. The average Bonchev–Trinajstić information content (AvgIpc) is 2.79. The molecular formula is C26H39N3O3. The molecule has 1 fully saturated rings. The van der Waals surface area contributed by atoms with E-state index in [0.29, 0.717) is 23.4 Å². The van der Waals surface area contributed by atoms with Crippen LogP contribution in [0.5, 0.6) is 0 Å². The van der Waals surface area contributed by atoms with Crippen LogP contribution in [0.2, 0.25) is 0 Å². The van der Waals surface area contributed by atoms with Crippen LogP contribution in [-0.4, -0.2) is 52.9 Å². The highest BCUT2D eigenvalue weighted by atomic mass is 16.6. The van der Waals surface area contributed by atoms with E-state index in [1.807, 2.05) is 4.90 Å². The Morgan fingerprint density at radius 3 is 2.41 bits per heavy atom. The lowest BCUT2D eigenvalue weighted by atomic mass is 9.49. The lowest BCUT2D eigenvalue weighted by Gasteiger charge is -2.57. The van der Waals surface area contributed by atoms with Gasteiger partial charge in [0, 0.05) is 30.3 Å². The molecule has 0 heterocycles. The van der Waals surface area contributed by atoms with E-state index in [1.54, 1.807) is 12.1 Å².